The molecular formula is C38H61NO3S. The quantitative estimate of drug-likeness (QED) is 0.0820. The third-order valence-corrected chi connectivity index (χ3v) is 10.3. The Morgan fingerprint density at radius 1 is 0.628 bits per heavy atom. The van der Waals surface area contributed by atoms with Gasteiger partial charge in [-0.2, -0.15) is 0 Å². The Labute approximate surface area is 264 Å². The van der Waals surface area contributed by atoms with Gasteiger partial charge in [-0.15, -0.1) is 0 Å². The van der Waals surface area contributed by atoms with Crippen molar-refractivity contribution in [1.82, 2.24) is 0 Å². The van der Waals surface area contributed by atoms with Crippen LogP contribution >= 0.6 is 0 Å². The molecule has 0 saturated carbocycles. The van der Waals surface area contributed by atoms with Gasteiger partial charge in [-0.3, -0.25) is 0 Å². The smallest absolute Gasteiger partial charge is 0.178 e. The van der Waals surface area contributed by atoms with Crippen molar-refractivity contribution in [3.63, 3.8) is 0 Å². The SMILES string of the molecule is CCCCCCCCCCCCCCCCCC(CC)Nc1ccc(C=Cc2ccc(S(=O)(=O)CCCCO)cc2)cc1. The zero-order valence-corrected chi connectivity index (χ0v) is 28.2. The number of anilines is 1. The highest BCUT2D eigenvalue weighted by atomic mass is 32.2. The molecule has 0 amide bonds. The van der Waals surface area contributed by atoms with Crippen molar-refractivity contribution in [3.8, 4) is 0 Å². The molecule has 0 aliphatic rings. The van der Waals surface area contributed by atoms with E-state index in [1.165, 1.54) is 108 Å². The lowest BCUT2D eigenvalue weighted by atomic mass is 10.0. The first-order valence-electron chi connectivity index (χ1n) is 17.5. The van der Waals surface area contributed by atoms with Gasteiger partial charge >= 0.3 is 0 Å². The number of hydrogen-bond acceptors (Lipinski definition) is 4. The van der Waals surface area contributed by atoms with E-state index in [9.17, 15) is 8.42 Å². The molecule has 0 spiro atoms. The molecule has 242 valence electrons. The summed E-state index contributed by atoms with van der Waals surface area (Å²) in [5.74, 6) is 0.0709. The van der Waals surface area contributed by atoms with Crippen LogP contribution in [0.15, 0.2) is 53.4 Å². The van der Waals surface area contributed by atoms with E-state index in [0.29, 0.717) is 23.8 Å². The predicted octanol–water partition coefficient (Wildman–Crippen LogP) is 10.9. The predicted molar refractivity (Wildman–Crippen MR) is 187 cm³/mol. The molecule has 5 heteroatoms. The molecule has 0 radical (unpaired) electrons. The molecule has 43 heavy (non-hydrogen) atoms. The fourth-order valence-corrected chi connectivity index (χ4v) is 6.94. The van der Waals surface area contributed by atoms with Gasteiger partial charge in [0.05, 0.1) is 10.6 Å². The zero-order chi connectivity index (χ0) is 31.0. The second-order valence-electron chi connectivity index (χ2n) is 12.3. The van der Waals surface area contributed by atoms with Crippen LogP contribution in [0.3, 0.4) is 0 Å². The van der Waals surface area contributed by atoms with Crippen LogP contribution in [0.4, 0.5) is 5.69 Å². The number of aliphatic hydroxyl groups is 1. The van der Waals surface area contributed by atoms with E-state index in [1.54, 1.807) is 12.1 Å². The van der Waals surface area contributed by atoms with Crippen molar-refractivity contribution in [2.45, 2.75) is 147 Å². The maximum atomic E-state index is 12.4. The van der Waals surface area contributed by atoms with Gasteiger partial charge in [0.2, 0.25) is 0 Å². The number of hydrogen-bond donors (Lipinski definition) is 2. The molecule has 2 N–H and O–H groups in total. The summed E-state index contributed by atoms with van der Waals surface area (Å²) in [5, 5.41) is 12.6. The van der Waals surface area contributed by atoms with E-state index < -0.39 is 9.84 Å². The van der Waals surface area contributed by atoms with E-state index in [1.807, 2.05) is 18.2 Å². The first-order chi connectivity index (χ1) is 21.0. The van der Waals surface area contributed by atoms with Gasteiger partial charge in [0, 0.05) is 18.3 Å². The Bertz CT molecular complexity index is 1080. The Kier molecular flexibility index (Phi) is 20.1. The monoisotopic (exact) mass is 611 g/mol. The Morgan fingerprint density at radius 2 is 1.09 bits per heavy atom. The lowest BCUT2D eigenvalue weighted by molar-refractivity contribution is 0.287. The van der Waals surface area contributed by atoms with Crippen LogP contribution in [0, 0.1) is 0 Å². The fourth-order valence-electron chi connectivity index (χ4n) is 5.57. The van der Waals surface area contributed by atoms with E-state index in [0.717, 1.165) is 17.5 Å². The second kappa shape index (κ2) is 23.3. The molecule has 2 aromatic rings. The molecule has 1 atom stereocenters. The summed E-state index contributed by atoms with van der Waals surface area (Å²) in [6.45, 7) is 4.58. The summed E-state index contributed by atoms with van der Waals surface area (Å²) in [6, 6.07) is 16.1. The van der Waals surface area contributed by atoms with Crippen molar-refractivity contribution >= 4 is 27.7 Å². The van der Waals surface area contributed by atoms with Gasteiger partial charge in [0.15, 0.2) is 9.84 Å². The first-order valence-corrected chi connectivity index (χ1v) is 19.1. The third-order valence-electron chi connectivity index (χ3n) is 8.46. The Hall–Kier alpha value is -2.11. The molecule has 1 unspecified atom stereocenters. The average Bonchev–Trinajstić information content (AvgIpc) is 3.02. The molecule has 4 nitrogen and oxygen atoms in total. The maximum absolute atomic E-state index is 12.4. The third kappa shape index (κ3) is 17.1. The van der Waals surface area contributed by atoms with Crippen LogP contribution in [-0.4, -0.2) is 31.9 Å². The van der Waals surface area contributed by atoms with Gasteiger partial charge in [0.1, 0.15) is 0 Å². The molecule has 0 heterocycles. The Balaban J connectivity index is 1.59. The molecule has 0 bridgehead atoms. The van der Waals surface area contributed by atoms with Crippen LogP contribution in [-0.2, 0) is 9.84 Å². The van der Waals surface area contributed by atoms with Gasteiger partial charge in [0.25, 0.3) is 0 Å². The zero-order valence-electron chi connectivity index (χ0n) is 27.4. The summed E-state index contributed by atoms with van der Waals surface area (Å²) in [4.78, 5) is 0.341. The standard InChI is InChI=1S/C38H61NO3S/c1-3-5-6-7-8-9-10-11-12-13-14-15-16-17-18-21-36(4-2)39-37-28-24-34(25-29-37)22-23-35-26-30-38(31-27-35)43(41,42)33-20-19-32-40/h22-31,36,39-40H,3-21,32-33H2,1-2H3. The minimum absolute atomic E-state index is 0.0229. The molecule has 2 rings (SSSR count). The van der Waals surface area contributed by atoms with E-state index >= 15 is 0 Å². The molecule has 0 aromatic heterocycles. The maximum Gasteiger partial charge on any atom is 0.178 e. The largest absolute Gasteiger partial charge is 0.396 e. The van der Waals surface area contributed by atoms with E-state index in [-0.39, 0.29) is 12.4 Å². The van der Waals surface area contributed by atoms with Gasteiger partial charge in [-0.1, -0.05) is 147 Å². The molecule has 2 aromatic carbocycles. The van der Waals surface area contributed by atoms with E-state index in [4.69, 9.17) is 5.11 Å². The lowest BCUT2D eigenvalue weighted by Crippen LogP contribution is -2.18. The van der Waals surface area contributed by atoms with Crippen LogP contribution < -0.4 is 5.32 Å². The highest BCUT2D eigenvalue weighted by Crippen LogP contribution is 2.19. The van der Waals surface area contributed by atoms with Crippen LogP contribution in [0.1, 0.15) is 147 Å². The molecular weight excluding hydrogens is 550 g/mol. The Morgan fingerprint density at radius 3 is 1.56 bits per heavy atom. The van der Waals surface area contributed by atoms with Gasteiger partial charge in [-0.05, 0) is 61.1 Å². The average molecular weight is 612 g/mol. The van der Waals surface area contributed by atoms with Crippen LogP contribution in [0.2, 0.25) is 0 Å². The van der Waals surface area contributed by atoms with Crippen LogP contribution in [0.5, 0.6) is 0 Å². The molecule has 0 aliphatic carbocycles. The number of benzene rings is 2. The highest BCUT2D eigenvalue weighted by Gasteiger charge is 2.13. The normalized spacial score (nSPS) is 12.6. The number of sulfone groups is 1. The van der Waals surface area contributed by atoms with Crippen molar-refractivity contribution in [1.29, 1.82) is 0 Å². The number of aliphatic hydroxyl groups excluding tert-OH is 1. The van der Waals surface area contributed by atoms with Gasteiger partial charge in [-0.25, -0.2) is 8.42 Å². The van der Waals surface area contributed by atoms with E-state index in [2.05, 4.69) is 49.5 Å². The topological polar surface area (TPSA) is 66.4 Å². The highest BCUT2D eigenvalue weighted by molar-refractivity contribution is 7.91. The second-order valence-corrected chi connectivity index (χ2v) is 14.4. The summed E-state index contributed by atoms with van der Waals surface area (Å²) in [7, 11) is -3.29. The number of nitrogens with one attached hydrogen (secondary N) is 1. The van der Waals surface area contributed by atoms with Gasteiger partial charge < -0.3 is 10.4 Å². The number of rotatable bonds is 26. The summed E-state index contributed by atoms with van der Waals surface area (Å²) in [6.07, 6.45) is 28.5. The first kappa shape index (κ1) is 37.1. The molecule has 0 saturated heterocycles. The summed E-state index contributed by atoms with van der Waals surface area (Å²) >= 11 is 0. The minimum Gasteiger partial charge on any atom is -0.396 e. The molecule has 0 aliphatic heterocycles. The lowest BCUT2D eigenvalue weighted by Gasteiger charge is -2.18. The summed E-state index contributed by atoms with van der Waals surface area (Å²) in [5.41, 5.74) is 3.24. The van der Waals surface area contributed by atoms with Crippen molar-refractivity contribution in [3.05, 3.63) is 59.7 Å². The minimum atomic E-state index is -3.29. The summed E-state index contributed by atoms with van der Waals surface area (Å²) < 4.78 is 24.8. The fraction of sp³-hybridized carbons (Fsp3) is 0.632. The van der Waals surface area contributed by atoms with Crippen molar-refractivity contribution < 1.29 is 13.5 Å². The van der Waals surface area contributed by atoms with Crippen molar-refractivity contribution in [2.24, 2.45) is 0 Å². The van der Waals surface area contributed by atoms with Crippen molar-refractivity contribution in [2.75, 3.05) is 17.7 Å². The van der Waals surface area contributed by atoms with Crippen LogP contribution in [0.25, 0.3) is 12.2 Å². The molecule has 0 fully saturated rings. The number of unbranched alkanes of at least 4 members (excludes halogenated alkanes) is 15.